The molecule has 1 fully saturated rings. The summed E-state index contributed by atoms with van der Waals surface area (Å²) in [6.45, 7) is -0.506. The predicted molar refractivity (Wildman–Crippen MR) is 82.3 cm³/mol. The summed E-state index contributed by atoms with van der Waals surface area (Å²) in [5, 5.41) is 9.07. The first-order valence-electron chi connectivity index (χ1n) is 7.77. The van der Waals surface area contributed by atoms with E-state index in [4.69, 9.17) is 0 Å². The maximum atomic E-state index is 13.7. The van der Waals surface area contributed by atoms with Crippen LogP contribution in [0.15, 0.2) is 29.1 Å². The molecule has 4 nitrogen and oxygen atoms in total. The number of halogens is 7. The summed E-state index contributed by atoms with van der Waals surface area (Å²) < 4.78 is 91.9. The molecule has 27 heavy (non-hydrogen) atoms. The Hall–Kier alpha value is -2.30. The van der Waals surface area contributed by atoms with Crippen LogP contribution in [0.3, 0.4) is 0 Å². The number of H-pyrrole nitrogens is 1. The van der Waals surface area contributed by atoms with Gasteiger partial charge in [0.1, 0.15) is 6.17 Å². The fourth-order valence-electron chi connectivity index (χ4n) is 3.28. The Morgan fingerprint density at radius 2 is 1.81 bits per heavy atom. The minimum absolute atomic E-state index is 0.117. The number of pyridine rings is 1. The molecule has 0 aliphatic carbocycles. The van der Waals surface area contributed by atoms with Crippen molar-refractivity contribution in [1.29, 1.82) is 0 Å². The molecule has 2 N–H and O–H groups in total. The number of rotatable bonds is 2. The van der Waals surface area contributed by atoms with Crippen LogP contribution in [0.25, 0.3) is 10.9 Å². The van der Waals surface area contributed by atoms with Gasteiger partial charge in [-0.15, -0.1) is 0 Å². The molecule has 3 atom stereocenters. The van der Waals surface area contributed by atoms with E-state index in [1.54, 1.807) is 0 Å². The highest BCUT2D eigenvalue weighted by atomic mass is 19.4. The molecule has 1 aromatic carbocycles. The topological polar surface area (TPSA) is 56.3 Å². The van der Waals surface area contributed by atoms with Crippen LogP contribution in [-0.2, 0) is 6.18 Å². The van der Waals surface area contributed by atoms with Crippen LogP contribution in [0.4, 0.5) is 36.4 Å². The number of hydrogen-bond acceptors (Lipinski definition) is 3. The number of benzene rings is 1. The zero-order valence-electron chi connectivity index (χ0n) is 13.4. The average molecular weight is 398 g/mol. The number of aromatic amines is 1. The second-order valence-electron chi connectivity index (χ2n) is 6.31. The van der Waals surface area contributed by atoms with Gasteiger partial charge >= 0.3 is 12.4 Å². The molecule has 1 aromatic heterocycles. The van der Waals surface area contributed by atoms with Gasteiger partial charge in [0.25, 0.3) is 0 Å². The van der Waals surface area contributed by atoms with Crippen molar-refractivity contribution in [2.75, 3.05) is 11.4 Å². The standard InChI is InChI=1S/C16H13F7N2O2/c17-7-3-12(14(27)16(21,22)23)25(6-7)8-1-2-11-9(4-8)10(15(18,19)20)5-13(26)24-11/h1-2,4-5,7,12,14,27H,3,6H2,(H,24,26)/t7?,12-,14-/m1/s1. The number of hydrogen-bond donors (Lipinski definition) is 2. The third kappa shape index (κ3) is 3.73. The second-order valence-corrected chi connectivity index (χ2v) is 6.31. The first-order valence-corrected chi connectivity index (χ1v) is 7.77. The maximum Gasteiger partial charge on any atom is 0.417 e. The average Bonchev–Trinajstić information content (AvgIpc) is 2.92. The molecular weight excluding hydrogens is 385 g/mol. The molecule has 0 saturated carbocycles. The van der Waals surface area contributed by atoms with E-state index in [0.717, 1.165) is 17.0 Å². The Labute approximate surface area is 147 Å². The predicted octanol–water partition coefficient (Wildman–Crippen LogP) is 3.39. The molecule has 1 saturated heterocycles. The molecule has 0 bridgehead atoms. The summed E-state index contributed by atoms with van der Waals surface area (Å²) in [5.41, 5.74) is -2.53. The van der Waals surface area contributed by atoms with Gasteiger partial charge in [-0.25, -0.2) is 4.39 Å². The molecule has 148 valence electrons. The molecule has 1 unspecified atom stereocenters. The number of alkyl halides is 7. The van der Waals surface area contributed by atoms with Crippen molar-refractivity contribution in [3.63, 3.8) is 0 Å². The van der Waals surface area contributed by atoms with E-state index < -0.39 is 60.1 Å². The third-order valence-electron chi connectivity index (χ3n) is 4.46. The number of aromatic nitrogens is 1. The van der Waals surface area contributed by atoms with Gasteiger partial charge in [-0.3, -0.25) is 4.79 Å². The molecular formula is C16H13F7N2O2. The molecule has 2 aromatic rings. The number of aliphatic hydroxyl groups excluding tert-OH is 1. The van der Waals surface area contributed by atoms with Crippen molar-refractivity contribution in [1.82, 2.24) is 4.98 Å². The normalized spacial score (nSPS) is 22.4. The summed E-state index contributed by atoms with van der Waals surface area (Å²) >= 11 is 0. The summed E-state index contributed by atoms with van der Waals surface area (Å²) in [4.78, 5) is 14.5. The summed E-state index contributed by atoms with van der Waals surface area (Å²) in [7, 11) is 0. The van der Waals surface area contributed by atoms with Crippen LogP contribution in [-0.4, -0.2) is 41.1 Å². The lowest BCUT2D eigenvalue weighted by atomic mass is 10.0. The van der Waals surface area contributed by atoms with Gasteiger partial charge in [0, 0.05) is 35.6 Å². The lowest BCUT2D eigenvalue weighted by Gasteiger charge is -2.31. The van der Waals surface area contributed by atoms with Crippen molar-refractivity contribution in [2.45, 2.75) is 37.1 Å². The van der Waals surface area contributed by atoms with E-state index in [0.29, 0.717) is 6.07 Å². The number of aliphatic hydroxyl groups is 1. The summed E-state index contributed by atoms with van der Waals surface area (Å²) in [6.07, 6.45) is -15.0. The molecule has 2 heterocycles. The highest BCUT2D eigenvalue weighted by Gasteiger charge is 2.49. The molecule has 11 heteroatoms. The summed E-state index contributed by atoms with van der Waals surface area (Å²) in [5.74, 6) is 0. The molecule has 1 aliphatic rings. The highest BCUT2D eigenvalue weighted by Crippen LogP contribution is 2.38. The Morgan fingerprint density at radius 1 is 1.15 bits per heavy atom. The van der Waals surface area contributed by atoms with Gasteiger partial charge in [0.05, 0.1) is 11.6 Å². The van der Waals surface area contributed by atoms with E-state index >= 15 is 0 Å². The van der Waals surface area contributed by atoms with E-state index in [1.165, 1.54) is 6.07 Å². The fraction of sp³-hybridized carbons (Fsp3) is 0.438. The Bertz CT molecular complexity index is 906. The van der Waals surface area contributed by atoms with E-state index in [2.05, 4.69) is 4.98 Å². The van der Waals surface area contributed by atoms with Crippen LogP contribution in [0.1, 0.15) is 12.0 Å². The van der Waals surface area contributed by atoms with Crippen molar-refractivity contribution in [3.8, 4) is 0 Å². The summed E-state index contributed by atoms with van der Waals surface area (Å²) in [6, 6.07) is 1.88. The molecule has 1 aliphatic heterocycles. The van der Waals surface area contributed by atoms with E-state index in [1.807, 2.05) is 0 Å². The van der Waals surface area contributed by atoms with Crippen molar-refractivity contribution in [2.24, 2.45) is 0 Å². The number of anilines is 1. The lowest BCUT2D eigenvalue weighted by molar-refractivity contribution is -0.209. The minimum Gasteiger partial charge on any atom is -0.382 e. The molecule has 0 spiro atoms. The van der Waals surface area contributed by atoms with Crippen molar-refractivity contribution < 1.29 is 35.8 Å². The van der Waals surface area contributed by atoms with Gasteiger partial charge in [0.15, 0.2) is 6.10 Å². The smallest absolute Gasteiger partial charge is 0.382 e. The van der Waals surface area contributed by atoms with Gasteiger partial charge in [0.2, 0.25) is 5.56 Å². The Balaban J connectivity index is 2.11. The number of nitrogens with zero attached hydrogens (tertiary/aromatic N) is 1. The molecule has 3 rings (SSSR count). The van der Waals surface area contributed by atoms with Gasteiger partial charge in [-0.1, -0.05) is 0 Å². The highest BCUT2D eigenvalue weighted by molar-refractivity contribution is 5.86. The molecule has 0 radical (unpaired) electrons. The van der Waals surface area contributed by atoms with Crippen LogP contribution in [0.2, 0.25) is 0 Å². The number of nitrogens with one attached hydrogen (secondary N) is 1. The van der Waals surface area contributed by atoms with Crippen molar-refractivity contribution in [3.05, 3.63) is 40.2 Å². The van der Waals surface area contributed by atoms with E-state index in [9.17, 15) is 40.6 Å². The van der Waals surface area contributed by atoms with Gasteiger partial charge in [-0.05, 0) is 18.2 Å². The van der Waals surface area contributed by atoms with Crippen LogP contribution in [0, 0.1) is 0 Å². The van der Waals surface area contributed by atoms with E-state index in [-0.39, 0.29) is 11.2 Å². The largest absolute Gasteiger partial charge is 0.417 e. The zero-order chi connectivity index (χ0) is 20.1. The Kier molecular flexibility index (Phi) is 4.61. The first-order chi connectivity index (χ1) is 12.4. The van der Waals surface area contributed by atoms with Crippen LogP contribution < -0.4 is 10.5 Å². The van der Waals surface area contributed by atoms with Crippen molar-refractivity contribution >= 4 is 16.6 Å². The second kappa shape index (κ2) is 6.39. The zero-order valence-corrected chi connectivity index (χ0v) is 13.4. The first kappa shape index (κ1) is 19.5. The lowest BCUT2D eigenvalue weighted by Crippen LogP contribution is -2.47. The van der Waals surface area contributed by atoms with Gasteiger partial charge in [-0.2, -0.15) is 26.3 Å². The van der Waals surface area contributed by atoms with Crippen LogP contribution >= 0.6 is 0 Å². The maximum absolute atomic E-state index is 13.7. The quantitative estimate of drug-likeness (QED) is 0.763. The Morgan fingerprint density at radius 3 is 2.41 bits per heavy atom. The fourth-order valence-corrected chi connectivity index (χ4v) is 3.28. The number of fused-ring (bicyclic) bond motifs is 1. The van der Waals surface area contributed by atoms with Crippen LogP contribution in [0.5, 0.6) is 0 Å². The monoisotopic (exact) mass is 398 g/mol. The minimum atomic E-state index is -5.01. The third-order valence-corrected chi connectivity index (χ3v) is 4.46. The molecule has 0 amide bonds. The SMILES string of the molecule is O=c1cc(C(F)(F)F)c2cc(N3CC(F)C[C@@H]3[C@@H](O)C(F)(F)F)ccc2[nH]1. The van der Waals surface area contributed by atoms with Gasteiger partial charge < -0.3 is 15.0 Å².